The number of ether oxygens (including phenoxy) is 1. The van der Waals surface area contributed by atoms with Crippen LogP contribution in [0.3, 0.4) is 0 Å². The average molecular weight is 293 g/mol. The normalized spacial score (nSPS) is 13.3. The van der Waals surface area contributed by atoms with E-state index in [0.29, 0.717) is 11.1 Å². The molecule has 0 saturated carbocycles. The van der Waals surface area contributed by atoms with Crippen LogP contribution in [0, 0.1) is 0 Å². The number of benzene rings is 2. The molecule has 0 unspecified atom stereocenters. The Morgan fingerprint density at radius 3 is 2.40 bits per heavy atom. The van der Waals surface area contributed by atoms with Gasteiger partial charge in [0.2, 0.25) is 10.0 Å². The number of fused-ring (bicyclic) bond motifs is 1. The van der Waals surface area contributed by atoms with Crippen LogP contribution in [0.15, 0.2) is 41.3 Å². The summed E-state index contributed by atoms with van der Waals surface area (Å²) >= 11 is 0. The van der Waals surface area contributed by atoms with Gasteiger partial charge in [-0.05, 0) is 25.5 Å². The first-order chi connectivity index (χ1) is 9.49. The van der Waals surface area contributed by atoms with E-state index in [4.69, 9.17) is 4.74 Å². The van der Waals surface area contributed by atoms with Crippen molar-refractivity contribution in [3.63, 3.8) is 0 Å². The smallest absolute Gasteiger partial charge is 0.241 e. The van der Waals surface area contributed by atoms with Gasteiger partial charge in [-0.25, -0.2) is 13.1 Å². The minimum absolute atomic E-state index is 0.0964. The number of nitrogens with one attached hydrogen (secondary N) is 1. The Kier molecular flexibility index (Phi) is 4.30. The van der Waals surface area contributed by atoms with Gasteiger partial charge in [-0.1, -0.05) is 31.2 Å². The van der Waals surface area contributed by atoms with Crippen molar-refractivity contribution in [2.45, 2.75) is 31.2 Å². The highest BCUT2D eigenvalue weighted by Crippen LogP contribution is 2.30. The van der Waals surface area contributed by atoms with Crippen LogP contribution in [0.4, 0.5) is 0 Å². The molecule has 0 bridgehead atoms. The second kappa shape index (κ2) is 5.81. The Labute approximate surface area is 119 Å². The summed E-state index contributed by atoms with van der Waals surface area (Å²) in [4.78, 5) is 0.286. The highest BCUT2D eigenvalue weighted by Gasteiger charge is 2.20. The Morgan fingerprint density at radius 1 is 1.15 bits per heavy atom. The highest BCUT2D eigenvalue weighted by atomic mass is 32.2. The fourth-order valence-corrected chi connectivity index (χ4v) is 3.61. The van der Waals surface area contributed by atoms with Crippen molar-refractivity contribution in [1.29, 1.82) is 0 Å². The van der Waals surface area contributed by atoms with E-state index in [0.717, 1.165) is 11.8 Å². The molecule has 0 saturated heterocycles. The van der Waals surface area contributed by atoms with E-state index in [-0.39, 0.29) is 10.9 Å². The molecule has 2 rings (SSSR count). The van der Waals surface area contributed by atoms with Crippen LogP contribution in [0.25, 0.3) is 10.8 Å². The summed E-state index contributed by atoms with van der Waals surface area (Å²) in [6, 6.07) is 10.5. The molecule has 0 spiro atoms. The molecule has 0 aromatic heterocycles. The molecule has 2 aromatic rings. The zero-order chi connectivity index (χ0) is 14.8. The molecule has 4 nitrogen and oxygen atoms in total. The van der Waals surface area contributed by atoms with Crippen LogP contribution < -0.4 is 9.46 Å². The van der Waals surface area contributed by atoms with E-state index < -0.39 is 10.0 Å². The maximum atomic E-state index is 12.5. The van der Waals surface area contributed by atoms with E-state index in [1.165, 1.54) is 0 Å². The molecule has 20 heavy (non-hydrogen) atoms. The van der Waals surface area contributed by atoms with Gasteiger partial charge >= 0.3 is 0 Å². The van der Waals surface area contributed by atoms with Crippen LogP contribution in [-0.2, 0) is 10.0 Å². The molecule has 0 radical (unpaired) electrons. The van der Waals surface area contributed by atoms with Gasteiger partial charge in [0.25, 0.3) is 0 Å². The molecule has 0 aliphatic rings. The van der Waals surface area contributed by atoms with Gasteiger partial charge in [-0.2, -0.15) is 0 Å². The topological polar surface area (TPSA) is 55.4 Å². The van der Waals surface area contributed by atoms with Gasteiger partial charge < -0.3 is 4.74 Å². The first kappa shape index (κ1) is 14.8. The molecule has 0 aliphatic carbocycles. The summed E-state index contributed by atoms with van der Waals surface area (Å²) in [5.41, 5.74) is 0. The molecule has 5 heteroatoms. The first-order valence-corrected chi connectivity index (χ1v) is 8.06. The third-order valence-corrected chi connectivity index (χ3v) is 4.97. The molecule has 0 aliphatic heterocycles. The molecular formula is C15H19NO3S. The predicted octanol–water partition coefficient (Wildman–Crippen LogP) is 2.93. The van der Waals surface area contributed by atoms with Crippen LogP contribution in [0.5, 0.6) is 5.75 Å². The summed E-state index contributed by atoms with van der Waals surface area (Å²) in [5, 5.41) is 1.46. The monoisotopic (exact) mass is 293 g/mol. The van der Waals surface area contributed by atoms with Crippen LogP contribution >= 0.6 is 0 Å². The molecule has 1 N–H and O–H groups in total. The molecule has 108 valence electrons. The zero-order valence-corrected chi connectivity index (χ0v) is 12.7. The lowest BCUT2D eigenvalue weighted by molar-refractivity contribution is 0.419. The summed E-state index contributed by atoms with van der Waals surface area (Å²) < 4.78 is 32.9. The SMILES string of the molecule is CC[C@H](C)NS(=O)(=O)c1ccc(OC)c2ccccc12. The average Bonchev–Trinajstić information content (AvgIpc) is 2.45. The van der Waals surface area contributed by atoms with E-state index >= 15 is 0 Å². The lowest BCUT2D eigenvalue weighted by Gasteiger charge is -2.15. The number of hydrogen-bond acceptors (Lipinski definition) is 3. The molecule has 0 amide bonds. The summed E-state index contributed by atoms with van der Waals surface area (Å²) in [5.74, 6) is 0.670. The maximum absolute atomic E-state index is 12.5. The standard InChI is InChI=1S/C15H19NO3S/c1-4-11(2)16-20(17,18)15-10-9-14(19-3)12-7-5-6-8-13(12)15/h5-11,16H,4H2,1-3H3/t11-/m0/s1. The third kappa shape index (κ3) is 2.78. The van der Waals surface area contributed by atoms with Crippen molar-refractivity contribution in [3.05, 3.63) is 36.4 Å². The van der Waals surface area contributed by atoms with Crippen LogP contribution in [0.2, 0.25) is 0 Å². The number of methoxy groups -OCH3 is 1. The minimum atomic E-state index is -3.53. The van der Waals surface area contributed by atoms with Crippen LogP contribution in [-0.4, -0.2) is 21.6 Å². The van der Waals surface area contributed by atoms with Gasteiger partial charge in [0, 0.05) is 16.8 Å². The highest BCUT2D eigenvalue weighted by molar-refractivity contribution is 7.89. The van der Waals surface area contributed by atoms with Gasteiger partial charge in [0.05, 0.1) is 12.0 Å². The Bertz CT molecular complexity index is 710. The fourth-order valence-electron chi connectivity index (χ4n) is 2.07. The summed E-state index contributed by atoms with van der Waals surface area (Å²) in [7, 11) is -1.95. The lowest BCUT2D eigenvalue weighted by atomic mass is 10.1. The Morgan fingerprint density at radius 2 is 1.80 bits per heavy atom. The summed E-state index contributed by atoms with van der Waals surface area (Å²) in [6.07, 6.45) is 0.743. The van der Waals surface area contributed by atoms with Crippen molar-refractivity contribution in [3.8, 4) is 5.75 Å². The van der Waals surface area contributed by atoms with Gasteiger partial charge in [0.1, 0.15) is 5.75 Å². The Balaban J connectivity index is 2.61. The predicted molar refractivity (Wildman–Crippen MR) is 80.6 cm³/mol. The lowest BCUT2D eigenvalue weighted by Crippen LogP contribution is -2.32. The van der Waals surface area contributed by atoms with Crippen molar-refractivity contribution >= 4 is 20.8 Å². The van der Waals surface area contributed by atoms with E-state index in [9.17, 15) is 8.42 Å². The van der Waals surface area contributed by atoms with Gasteiger partial charge in [-0.15, -0.1) is 0 Å². The van der Waals surface area contributed by atoms with Crippen LogP contribution in [0.1, 0.15) is 20.3 Å². The largest absolute Gasteiger partial charge is 0.496 e. The number of rotatable bonds is 5. The second-order valence-electron chi connectivity index (χ2n) is 4.74. The zero-order valence-electron chi connectivity index (χ0n) is 11.9. The molecule has 2 aromatic carbocycles. The molecule has 0 fully saturated rings. The Hall–Kier alpha value is -1.59. The van der Waals surface area contributed by atoms with Gasteiger partial charge in [0.15, 0.2) is 0 Å². The van der Waals surface area contributed by atoms with Crippen molar-refractivity contribution in [2.75, 3.05) is 7.11 Å². The second-order valence-corrected chi connectivity index (χ2v) is 6.42. The quantitative estimate of drug-likeness (QED) is 0.922. The van der Waals surface area contributed by atoms with E-state index in [2.05, 4.69) is 4.72 Å². The molecule has 1 atom stereocenters. The fraction of sp³-hybridized carbons (Fsp3) is 0.333. The summed E-state index contributed by atoms with van der Waals surface area (Å²) in [6.45, 7) is 3.79. The van der Waals surface area contributed by atoms with Crippen molar-refractivity contribution in [2.24, 2.45) is 0 Å². The number of sulfonamides is 1. The van der Waals surface area contributed by atoms with Gasteiger partial charge in [-0.3, -0.25) is 0 Å². The third-order valence-electron chi connectivity index (χ3n) is 3.32. The molecular weight excluding hydrogens is 274 g/mol. The molecule has 0 heterocycles. The minimum Gasteiger partial charge on any atom is -0.496 e. The first-order valence-electron chi connectivity index (χ1n) is 6.57. The van der Waals surface area contributed by atoms with E-state index in [1.54, 1.807) is 25.3 Å². The van der Waals surface area contributed by atoms with E-state index in [1.807, 2.05) is 32.0 Å². The number of hydrogen-bond donors (Lipinski definition) is 1. The van der Waals surface area contributed by atoms with Crippen molar-refractivity contribution < 1.29 is 13.2 Å². The maximum Gasteiger partial charge on any atom is 0.241 e. The van der Waals surface area contributed by atoms with Crippen molar-refractivity contribution in [1.82, 2.24) is 4.72 Å².